The van der Waals surface area contributed by atoms with Crippen LogP contribution in [-0.4, -0.2) is 52.1 Å². The third kappa shape index (κ3) is 3.23. The van der Waals surface area contributed by atoms with E-state index >= 15 is 0 Å². The number of nitrogens with one attached hydrogen (secondary N) is 1. The highest BCUT2D eigenvalue weighted by Gasteiger charge is 2.12. The number of nitrogen functional groups attached to an aromatic ring is 1. The first-order chi connectivity index (χ1) is 7.52. The summed E-state index contributed by atoms with van der Waals surface area (Å²) in [6.07, 6.45) is 1.36. The summed E-state index contributed by atoms with van der Waals surface area (Å²) < 4.78 is 1.32. The molecule has 0 aliphatic heterocycles. The van der Waals surface area contributed by atoms with E-state index in [4.69, 9.17) is 5.73 Å². The van der Waals surface area contributed by atoms with Crippen LogP contribution >= 0.6 is 0 Å². The number of aromatic nitrogens is 3. The van der Waals surface area contributed by atoms with Crippen LogP contribution in [0.15, 0.2) is 6.33 Å². The second-order valence-corrected chi connectivity index (χ2v) is 3.22. The molecule has 16 heavy (non-hydrogen) atoms. The quantitative estimate of drug-likeness (QED) is 0.621. The number of carbonyl (C=O) groups is 2. The Hall–Kier alpha value is -2.12. The average molecular weight is 226 g/mol. The zero-order chi connectivity index (χ0) is 12.1. The molecular formula is C8H14N6O2. The average Bonchev–Trinajstić information content (AvgIpc) is 2.63. The van der Waals surface area contributed by atoms with E-state index < -0.39 is 0 Å². The maximum absolute atomic E-state index is 11.6. The second-order valence-electron chi connectivity index (χ2n) is 3.22. The molecular weight excluding hydrogens is 212 g/mol. The number of anilines is 1. The molecule has 0 aromatic carbocycles. The molecule has 0 aliphatic rings. The Balaban J connectivity index is 2.49. The standard InChI is InChI=1S/C8H14N6O2/c1-10-6(15)3-13(2)7(16)4-14-5-11-8(9)12-14/h5H,3-4H2,1-2H3,(H2,9,12)(H,10,15). The fourth-order valence-corrected chi connectivity index (χ4v) is 1.03. The van der Waals surface area contributed by atoms with Gasteiger partial charge in [-0.05, 0) is 0 Å². The molecule has 3 N–H and O–H groups in total. The number of nitrogens with two attached hydrogens (primary N) is 1. The highest BCUT2D eigenvalue weighted by Crippen LogP contribution is 1.92. The van der Waals surface area contributed by atoms with Crippen LogP contribution in [-0.2, 0) is 16.1 Å². The molecule has 0 atom stereocenters. The van der Waals surface area contributed by atoms with Crippen molar-refractivity contribution in [3.05, 3.63) is 6.33 Å². The number of hydrogen-bond acceptors (Lipinski definition) is 5. The molecule has 0 unspecified atom stereocenters. The zero-order valence-electron chi connectivity index (χ0n) is 9.17. The van der Waals surface area contributed by atoms with E-state index in [-0.39, 0.29) is 30.9 Å². The minimum atomic E-state index is -0.242. The number of carbonyl (C=O) groups excluding carboxylic acids is 2. The Bertz CT molecular complexity index is 388. The normalized spacial score (nSPS) is 9.88. The lowest BCUT2D eigenvalue weighted by Crippen LogP contribution is -2.38. The highest BCUT2D eigenvalue weighted by molar-refractivity contribution is 5.84. The lowest BCUT2D eigenvalue weighted by Gasteiger charge is -2.15. The number of amides is 2. The van der Waals surface area contributed by atoms with Crippen LogP contribution in [0.25, 0.3) is 0 Å². The van der Waals surface area contributed by atoms with E-state index in [2.05, 4.69) is 15.4 Å². The minimum Gasteiger partial charge on any atom is -0.367 e. The number of nitrogens with zero attached hydrogens (tertiary/aromatic N) is 4. The van der Waals surface area contributed by atoms with Crippen molar-refractivity contribution in [2.24, 2.45) is 0 Å². The molecule has 8 heteroatoms. The SMILES string of the molecule is CNC(=O)CN(C)C(=O)Cn1cnc(N)n1. The van der Waals surface area contributed by atoms with Crippen molar-refractivity contribution in [1.29, 1.82) is 0 Å². The van der Waals surface area contributed by atoms with Gasteiger partial charge < -0.3 is 16.0 Å². The smallest absolute Gasteiger partial charge is 0.244 e. The number of likely N-dealkylation sites (N-methyl/N-ethyl adjacent to an activating group) is 2. The van der Waals surface area contributed by atoms with E-state index in [1.54, 1.807) is 0 Å². The molecule has 1 heterocycles. The van der Waals surface area contributed by atoms with Crippen LogP contribution < -0.4 is 11.1 Å². The molecule has 8 nitrogen and oxygen atoms in total. The first kappa shape index (κ1) is 12.0. The largest absolute Gasteiger partial charge is 0.367 e. The fourth-order valence-electron chi connectivity index (χ4n) is 1.03. The summed E-state index contributed by atoms with van der Waals surface area (Å²) in [5.41, 5.74) is 5.30. The maximum Gasteiger partial charge on any atom is 0.244 e. The van der Waals surface area contributed by atoms with Crippen LogP contribution in [0.5, 0.6) is 0 Å². The van der Waals surface area contributed by atoms with Crippen molar-refractivity contribution >= 4 is 17.8 Å². The molecule has 2 amide bonds. The molecule has 0 aliphatic carbocycles. The predicted octanol–water partition coefficient (Wildman–Crippen LogP) is -1.94. The van der Waals surface area contributed by atoms with E-state index in [1.807, 2.05) is 0 Å². The summed E-state index contributed by atoms with van der Waals surface area (Å²) in [5.74, 6) is -0.357. The maximum atomic E-state index is 11.6. The minimum absolute atomic E-state index is 0.0116. The highest BCUT2D eigenvalue weighted by atomic mass is 16.2. The lowest BCUT2D eigenvalue weighted by molar-refractivity contribution is -0.135. The van der Waals surface area contributed by atoms with E-state index in [0.717, 1.165) is 0 Å². The third-order valence-corrected chi connectivity index (χ3v) is 1.94. The van der Waals surface area contributed by atoms with Crippen LogP contribution in [0.4, 0.5) is 5.95 Å². The summed E-state index contributed by atoms with van der Waals surface area (Å²) in [4.78, 5) is 27.6. The van der Waals surface area contributed by atoms with Crippen molar-refractivity contribution in [3.63, 3.8) is 0 Å². The predicted molar refractivity (Wildman–Crippen MR) is 56.1 cm³/mol. The summed E-state index contributed by atoms with van der Waals surface area (Å²) in [5, 5.41) is 6.20. The Morgan fingerprint density at radius 3 is 2.81 bits per heavy atom. The fraction of sp³-hybridized carbons (Fsp3) is 0.500. The first-order valence-electron chi connectivity index (χ1n) is 4.62. The van der Waals surface area contributed by atoms with Crippen LogP contribution in [0.2, 0.25) is 0 Å². The monoisotopic (exact) mass is 226 g/mol. The van der Waals surface area contributed by atoms with Crippen molar-refractivity contribution in [1.82, 2.24) is 25.0 Å². The van der Waals surface area contributed by atoms with Gasteiger partial charge in [-0.3, -0.25) is 9.59 Å². The van der Waals surface area contributed by atoms with Gasteiger partial charge in [-0.15, -0.1) is 5.10 Å². The summed E-state index contributed by atoms with van der Waals surface area (Å²) >= 11 is 0. The molecule has 0 saturated carbocycles. The van der Waals surface area contributed by atoms with Gasteiger partial charge in [0, 0.05) is 14.1 Å². The molecule has 1 rings (SSSR count). The second kappa shape index (κ2) is 5.10. The van der Waals surface area contributed by atoms with Gasteiger partial charge in [-0.25, -0.2) is 9.67 Å². The Kier molecular flexibility index (Phi) is 3.81. The summed E-state index contributed by atoms with van der Waals surface area (Å²) in [6.45, 7) is 0.0250. The van der Waals surface area contributed by atoms with Gasteiger partial charge in [0.15, 0.2) is 0 Å². The zero-order valence-corrected chi connectivity index (χ0v) is 9.17. The summed E-state index contributed by atoms with van der Waals surface area (Å²) in [7, 11) is 3.05. The van der Waals surface area contributed by atoms with Crippen LogP contribution in [0, 0.1) is 0 Å². The third-order valence-electron chi connectivity index (χ3n) is 1.94. The molecule has 0 saturated heterocycles. The van der Waals surface area contributed by atoms with E-state index in [9.17, 15) is 9.59 Å². The molecule has 0 fully saturated rings. The van der Waals surface area contributed by atoms with E-state index in [1.165, 1.54) is 30.0 Å². The lowest BCUT2D eigenvalue weighted by atomic mass is 10.4. The Morgan fingerprint density at radius 2 is 2.31 bits per heavy atom. The van der Waals surface area contributed by atoms with Gasteiger partial charge in [-0.1, -0.05) is 0 Å². The van der Waals surface area contributed by atoms with Crippen molar-refractivity contribution in [2.45, 2.75) is 6.54 Å². The van der Waals surface area contributed by atoms with Crippen molar-refractivity contribution in [2.75, 3.05) is 26.4 Å². The van der Waals surface area contributed by atoms with E-state index in [0.29, 0.717) is 0 Å². The van der Waals surface area contributed by atoms with Gasteiger partial charge in [0.25, 0.3) is 0 Å². The molecule has 0 radical (unpaired) electrons. The summed E-state index contributed by atoms with van der Waals surface area (Å²) in [6, 6.07) is 0. The van der Waals surface area contributed by atoms with Crippen LogP contribution in [0.1, 0.15) is 0 Å². The molecule has 1 aromatic rings. The Morgan fingerprint density at radius 1 is 1.62 bits per heavy atom. The van der Waals surface area contributed by atoms with Gasteiger partial charge in [-0.2, -0.15) is 0 Å². The Labute approximate surface area is 92.4 Å². The molecule has 1 aromatic heterocycles. The van der Waals surface area contributed by atoms with Gasteiger partial charge in [0.1, 0.15) is 12.9 Å². The topological polar surface area (TPSA) is 106 Å². The van der Waals surface area contributed by atoms with Gasteiger partial charge in [0.2, 0.25) is 17.8 Å². The first-order valence-corrected chi connectivity index (χ1v) is 4.62. The van der Waals surface area contributed by atoms with Crippen molar-refractivity contribution in [3.8, 4) is 0 Å². The van der Waals surface area contributed by atoms with Gasteiger partial charge >= 0.3 is 0 Å². The molecule has 88 valence electrons. The van der Waals surface area contributed by atoms with Crippen molar-refractivity contribution < 1.29 is 9.59 Å². The number of hydrogen-bond donors (Lipinski definition) is 2. The molecule has 0 spiro atoms. The van der Waals surface area contributed by atoms with Gasteiger partial charge in [0.05, 0.1) is 6.54 Å². The number of rotatable bonds is 4. The molecule has 0 bridgehead atoms. The van der Waals surface area contributed by atoms with Crippen LogP contribution in [0.3, 0.4) is 0 Å².